The van der Waals surface area contributed by atoms with Crippen molar-refractivity contribution in [2.45, 2.75) is 51.6 Å². The van der Waals surface area contributed by atoms with E-state index in [-0.39, 0.29) is 0 Å². The Kier molecular flexibility index (Phi) is 4.60. The van der Waals surface area contributed by atoms with Gasteiger partial charge in [-0.2, -0.15) is 0 Å². The van der Waals surface area contributed by atoms with E-state index in [0.29, 0.717) is 6.10 Å². The quantitative estimate of drug-likeness (QED) is 0.569. The third-order valence-corrected chi connectivity index (χ3v) is 3.29. The fourth-order valence-electron chi connectivity index (χ4n) is 2.14. The molecule has 2 heteroatoms. The molecule has 17 heavy (non-hydrogen) atoms. The molecule has 1 fully saturated rings. The number of rotatable bonds is 4. The van der Waals surface area contributed by atoms with Gasteiger partial charge in [-0.3, -0.25) is 0 Å². The maximum Gasteiger partial charge on any atom is 0.139 e. The van der Waals surface area contributed by atoms with Crippen molar-refractivity contribution in [2.24, 2.45) is 5.16 Å². The molecule has 91 valence electrons. The standard InChI is InChI=1S/C15H20NO/c1-2-13-8-10-14(11-9-13)12-16-17-15-6-4-3-5-7-15/h8-11,15H,2-7H2,1H3. The van der Waals surface area contributed by atoms with Crippen molar-refractivity contribution in [1.29, 1.82) is 0 Å². The molecule has 0 amide bonds. The lowest BCUT2D eigenvalue weighted by Gasteiger charge is -2.18. The maximum absolute atomic E-state index is 5.46. The number of benzene rings is 1. The summed E-state index contributed by atoms with van der Waals surface area (Å²) < 4.78 is 0. The molecule has 1 aliphatic rings. The van der Waals surface area contributed by atoms with Gasteiger partial charge in [0, 0.05) is 5.56 Å². The smallest absolute Gasteiger partial charge is 0.139 e. The zero-order chi connectivity index (χ0) is 11.9. The molecule has 1 aliphatic carbocycles. The summed E-state index contributed by atoms with van der Waals surface area (Å²) in [4.78, 5) is 5.46. The van der Waals surface area contributed by atoms with E-state index < -0.39 is 0 Å². The fraction of sp³-hybridized carbons (Fsp3) is 0.533. The normalized spacial score (nSPS) is 17.5. The van der Waals surface area contributed by atoms with E-state index in [1.54, 1.807) is 0 Å². The van der Waals surface area contributed by atoms with Gasteiger partial charge in [-0.1, -0.05) is 42.8 Å². The highest BCUT2D eigenvalue weighted by Crippen LogP contribution is 2.20. The molecule has 2 rings (SSSR count). The second kappa shape index (κ2) is 6.43. The van der Waals surface area contributed by atoms with E-state index in [1.807, 2.05) is 12.1 Å². The molecule has 0 bridgehead atoms. The van der Waals surface area contributed by atoms with Gasteiger partial charge in [0.25, 0.3) is 0 Å². The van der Waals surface area contributed by atoms with Gasteiger partial charge in [-0.25, -0.2) is 0 Å². The van der Waals surface area contributed by atoms with Gasteiger partial charge in [0.05, 0.1) is 0 Å². The van der Waals surface area contributed by atoms with E-state index in [0.717, 1.165) is 24.8 Å². The summed E-state index contributed by atoms with van der Waals surface area (Å²) in [5.41, 5.74) is 2.32. The lowest BCUT2D eigenvalue weighted by molar-refractivity contribution is 0.0340. The third-order valence-electron chi connectivity index (χ3n) is 3.29. The van der Waals surface area contributed by atoms with Gasteiger partial charge in [0.15, 0.2) is 0 Å². The Labute approximate surface area is 104 Å². The number of hydrogen-bond donors (Lipinski definition) is 0. The van der Waals surface area contributed by atoms with Crippen LogP contribution in [-0.4, -0.2) is 12.3 Å². The monoisotopic (exact) mass is 230 g/mol. The van der Waals surface area contributed by atoms with Crippen molar-refractivity contribution >= 4 is 6.21 Å². The van der Waals surface area contributed by atoms with Crippen LogP contribution >= 0.6 is 0 Å². The molecule has 1 aromatic carbocycles. The highest BCUT2D eigenvalue weighted by Gasteiger charge is 2.13. The van der Waals surface area contributed by atoms with Crippen LogP contribution in [0.1, 0.15) is 50.2 Å². The molecule has 0 atom stereocenters. The molecule has 0 aromatic heterocycles. The minimum Gasteiger partial charge on any atom is -0.392 e. The van der Waals surface area contributed by atoms with E-state index in [4.69, 9.17) is 4.84 Å². The number of hydrogen-bond acceptors (Lipinski definition) is 2. The number of nitrogens with zero attached hydrogens (tertiary/aromatic N) is 1. The zero-order valence-corrected chi connectivity index (χ0v) is 10.5. The van der Waals surface area contributed by atoms with Crippen LogP contribution in [0.4, 0.5) is 0 Å². The van der Waals surface area contributed by atoms with Gasteiger partial charge in [0.2, 0.25) is 0 Å². The van der Waals surface area contributed by atoms with Gasteiger partial charge in [-0.15, -0.1) is 0 Å². The van der Waals surface area contributed by atoms with Crippen LogP contribution < -0.4 is 0 Å². The highest BCUT2D eigenvalue weighted by atomic mass is 16.6. The first kappa shape index (κ1) is 12.2. The average molecular weight is 230 g/mol. The summed E-state index contributed by atoms with van der Waals surface area (Å²) >= 11 is 0. The number of aryl methyl sites for hydroxylation is 1. The molecule has 1 radical (unpaired) electrons. The van der Waals surface area contributed by atoms with Crippen molar-refractivity contribution in [3.8, 4) is 0 Å². The van der Waals surface area contributed by atoms with E-state index in [2.05, 4.69) is 30.4 Å². The molecule has 0 N–H and O–H groups in total. The van der Waals surface area contributed by atoms with Crippen molar-refractivity contribution in [3.63, 3.8) is 0 Å². The largest absolute Gasteiger partial charge is 0.392 e. The summed E-state index contributed by atoms with van der Waals surface area (Å²) in [6, 6.07) is 8.29. The van der Waals surface area contributed by atoms with Crippen LogP contribution in [0.5, 0.6) is 0 Å². The van der Waals surface area contributed by atoms with E-state index in [1.165, 1.54) is 24.8 Å². The molecule has 2 nitrogen and oxygen atoms in total. The van der Waals surface area contributed by atoms with Crippen LogP contribution in [-0.2, 0) is 11.3 Å². The first-order valence-electron chi connectivity index (χ1n) is 6.59. The lowest BCUT2D eigenvalue weighted by atomic mass is 9.98. The van der Waals surface area contributed by atoms with Crippen LogP contribution in [0, 0.1) is 0 Å². The Balaban J connectivity index is 1.82. The van der Waals surface area contributed by atoms with Crippen LogP contribution in [0.3, 0.4) is 0 Å². The summed E-state index contributed by atoms with van der Waals surface area (Å²) in [6.45, 7) is 2.15. The van der Waals surface area contributed by atoms with E-state index in [9.17, 15) is 0 Å². The summed E-state index contributed by atoms with van der Waals surface area (Å²) in [6.07, 6.45) is 10.5. The SMILES string of the molecule is CCc1ccc(/[C]=N/OC2CCCCC2)cc1. The lowest BCUT2D eigenvalue weighted by Crippen LogP contribution is -2.13. The van der Waals surface area contributed by atoms with Crippen molar-refractivity contribution in [3.05, 3.63) is 35.4 Å². The molecule has 1 saturated carbocycles. The van der Waals surface area contributed by atoms with Crippen LogP contribution in [0.2, 0.25) is 0 Å². The molecular formula is C15H20NO. The Bertz CT molecular complexity index is 350. The summed E-state index contributed by atoms with van der Waals surface area (Å²) in [5, 5.41) is 3.97. The highest BCUT2D eigenvalue weighted by molar-refractivity contribution is 5.79. The Morgan fingerprint density at radius 3 is 2.53 bits per heavy atom. The van der Waals surface area contributed by atoms with E-state index >= 15 is 0 Å². The molecule has 0 unspecified atom stereocenters. The molecule has 0 aliphatic heterocycles. The van der Waals surface area contributed by atoms with Crippen molar-refractivity contribution in [2.75, 3.05) is 0 Å². The Morgan fingerprint density at radius 1 is 1.18 bits per heavy atom. The first-order valence-corrected chi connectivity index (χ1v) is 6.59. The van der Waals surface area contributed by atoms with Gasteiger partial charge in [0.1, 0.15) is 12.3 Å². The first-order chi connectivity index (χ1) is 8.38. The van der Waals surface area contributed by atoms with Crippen molar-refractivity contribution in [1.82, 2.24) is 0 Å². The molecule has 0 spiro atoms. The van der Waals surface area contributed by atoms with Gasteiger partial charge >= 0.3 is 0 Å². The van der Waals surface area contributed by atoms with Crippen LogP contribution in [0.15, 0.2) is 29.4 Å². The molecular weight excluding hydrogens is 210 g/mol. The van der Waals surface area contributed by atoms with Crippen molar-refractivity contribution < 1.29 is 4.84 Å². The van der Waals surface area contributed by atoms with Crippen LogP contribution in [0.25, 0.3) is 0 Å². The summed E-state index contributed by atoms with van der Waals surface area (Å²) in [5.74, 6) is 0. The second-order valence-corrected chi connectivity index (χ2v) is 4.62. The van der Waals surface area contributed by atoms with Gasteiger partial charge < -0.3 is 4.84 Å². The van der Waals surface area contributed by atoms with Gasteiger partial charge in [-0.05, 0) is 37.7 Å². The predicted molar refractivity (Wildman–Crippen MR) is 70.3 cm³/mol. The Morgan fingerprint density at radius 2 is 1.88 bits per heavy atom. The molecule has 0 saturated heterocycles. The minimum atomic E-state index is 0.311. The topological polar surface area (TPSA) is 21.6 Å². The summed E-state index contributed by atoms with van der Waals surface area (Å²) in [7, 11) is 0. The average Bonchev–Trinajstić information content (AvgIpc) is 2.41. The second-order valence-electron chi connectivity index (χ2n) is 4.62. The maximum atomic E-state index is 5.46. The third kappa shape index (κ3) is 3.88. The fourth-order valence-corrected chi connectivity index (χ4v) is 2.14. The zero-order valence-electron chi connectivity index (χ0n) is 10.5. The Hall–Kier alpha value is -1.31. The predicted octanol–water partition coefficient (Wildman–Crippen LogP) is 3.81. The molecule has 1 aromatic rings. The molecule has 0 heterocycles. The minimum absolute atomic E-state index is 0.311.